The van der Waals surface area contributed by atoms with Crippen LogP contribution in [0.15, 0.2) is 27.6 Å². The zero-order valence-electron chi connectivity index (χ0n) is 11.9. The number of nitrogens with zero attached hydrogens (tertiary/aromatic N) is 2. The van der Waals surface area contributed by atoms with Crippen LogP contribution in [0.3, 0.4) is 0 Å². The Morgan fingerprint density at radius 3 is 2.57 bits per heavy atom. The number of benzene rings is 1. The molecular weight excluding hydrogens is 358 g/mol. The molecule has 2 N–H and O–H groups in total. The molecule has 0 bridgehead atoms. The summed E-state index contributed by atoms with van der Waals surface area (Å²) < 4.78 is 30.9. The topological polar surface area (TPSA) is 87.2 Å². The number of primary sulfonamides is 1. The van der Waals surface area contributed by atoms with E-state index < -0.39 is 10.0 Å². The fraction of sp³-hybridized carbons (Fsp3) is 0.308. The quantitative estimate of drug-likeness (QED) is 0.887. The van der Waals surface area contributed by atoms with Crippen molar-refractivity contribution < 1.29 is 13.2 Å². The normalized spacial score (nSPS) is 11.7. The molecule has 6 nitrogen and oxygen atoms in total. The number of hydrogen-bond acceptors (Lipinski definition) is 4. The van der Waals surface area contributed by atoms with Crippen molar-refractivity contribution in [2.24, 2.45) is 5.14 Å². The van der Waals surface area contributed by atoms with Gasteiger partial charge in [0, 0.05) is 4.47 Å². The molecule has 0 aliphatic rings. The minimum absolute atomic E-state index is 0.0847. The van der Waals surface area contributed by atoms with E-state index in [1.807, 2.05) is 18.2 Å². The van der Waals surface area contributed by atoms with Crippen LogP contribution in [0.4, 0.5) is 0 Å². The van der Waals surface area contributed by atoms with E-state index in [4.69, 9.17) is 9.88 Å². The van der Waals surface area contributed by atoms with E-state index >= 15 is 0 Å². The second kappa shape index (κ2) is 5.78. The lowest BCUT2D eigenvalue weighted by atomic mass is 10.2. The summed E-state index contributed by atoms with van der Waals surface area (Å²) in [6.45, 7) is 3.73. The Labute approximate surface area is 132 Å². The van der Waals surface area contributed by atoms with Crippen LogP contribution < -0.4 is 9.88 Å². The third kappa shape index (κ3) is 3.28. The Hall–Kier alpha value is -1.38. The van der Waals surface area contributed by atoms with Gasteiger partial charge >= 0.3 is 0 Å². The molecule has 0 saturated heterocycles. The van der Waals surface area contributed by atoms with Crippen molar-refractivity contribution in [3.05, 3.63) is 39.6 Å². The van der Waals surface area contributed by atoms with Crippen molar-refractivity contribution in [2.45, 2.75) is 25.3 Å². The van der Waals surface area contributed by atoms with E-state index in [9.17, 15) is 8.42 Å². The highest BCUT2D eigenvalue weighted by atomic mass is 79.9. The second-order valence-electron chi connectivity index (χ2n) is 4.66. The van der Waals surface area contributed by atoms with Crippen LogP contribution in [0.5, 0.6) is 5.75 Å². The first kappa shape index (κ1) is 16.0. The lowest BCUT2D eigenvalue weighted by Gasteiger charge is -2.09. The van der Waals surface area contributed by atoms with Crippen LogP contribution in [0.1, 0.15) is 17.0 Å². The minimum Gasteiger partial charge on any atom is -0.497 e. The fourth-order valence-corrected chi connectivity index (χ4v) is 3.55. The molecule has 2 aromatic rings. The van der Waals surface area contributed by atoms with Crippen LogP contribution in [0, 0.1) is 13.8 Å². The number of nitrogens with two attached hydrogens (primary N) is 1. The van der Waals surface area contributed by atoms with Crippen LogP contribution in [-0.4, -0.2) is 25.3 Å². The summed E-state index contributed by atoms with van der Waals surface area (Å²) in [4.78, 5) is 0.0847. The Balaban J connectivity index is 2.46. The van der Waals surface area contributed by atoms with Gasteiger partial charge in [0.1, 0.15) is 10.6 Å². The molecule has 0 saturated carbocycles. The maximum absolute atomic E-state index is 11.6. The first-order valence-corrected chi connectivity index (χ1v) is 8.47. The van der Waals surface area contributed by atoms with Gasteiger partial charge in [-0.2, -0.15) is 5.10 Å². The van der Waals surface area contributed by atoms with Crippen molar-refractivity contribution in [2.75, 3.05) is 7.11 Å². The summed E-state index contributed by atoms with van der Waals surface area (Å²) in [5, 5.41) is 9.49. The molecule has 1 aromatic carbocycles. The predicted octanol–water partition coefficient (Wildman–Crippen LogP) is 1.97. The molecule has 21 heavy (non-hydrogen) atoms. The van der Waals surface area contributed by atoms with Gasteiger partial charge in [0.2, 0.25) is 10.0 Å². The third-order valence-electron chi connectivity index (χ3n) is 3.17. The van der Waals surface area contributed by atoms with Crippen LogP contribution in [0.25, 0.3) is 0 Å². The van der Waals surface area contributed by atoms with Gasteiger partial charge < -0.3 is 4.74 Å². The maximum atomic E-state index is 11.6. The first-order valence-electron chi connectivity index (χ1n) is 6.13. The lowest BCUT2D eigenvalue weighted by molar-refractivity contribution is 0.414. The molecule has 0 unspecified atom stereocenters. The van der Waals surface area contributed by atoms with E-state index in [0.717, 1.165) is 15.8 Å². The highest BCUT2D eigenvalue weighted by Gasteiger charge is 2.21. The number of rotatable bonds is 4. The number of aromatic nitrogens is 2. The molecule has 0 fully saturated rings. The number of sulfonamides is 1. The summed E-state index contributed by atoms with van der Waals surface area (Å²) in [5.74, 6) is 0.724. The zero-order chi connectivity index (χ0) is 15.8. The van der Waals surface area contributed by atoms with Crippen molar-refractivity contribution in [3.63, 3.8) is 0 Å². The highest BCUT2D eigenvalue weighted by Crippen LogP contribution is 2.25. The summed E-state index contributed by atoms with van der Waals surface area (Å²) in [6, 6.07) is 5.59. The summed E-state index contributed by atoms with van der Waals surface area (Å²) in [7, 11) is -2.19. The zero-order valence-corrected chi connectivity index (χ0v) is 14.3. The molecular formula is C13H16BrN3O3S. The Bertz CT molecular complexity index is 784. The number of ether oxygens (including phenoxy) is 1. The molecule has 1 aromatic heterocycles. The van der Waals surface area contributed by atoms with Crippen molar-refractivity contribution in [1.29, 1.82) is 0 Å². The van der Waals surface area contributed by atoms with E-state index in [0.29, 0.717) is 17.9 Å². The van der Waals surface area contributed by atoms with E-state index in [1.165, 1.54) is 0 Å². The second-order valence-corrected chi connectivity index (χ2v) is 7.01. The summed E-state index contributed by atoms with van der Waals surface area (Å²) in [6.07, 6.45) is 0. The van der Waals surface area contributed by atoms with Gasteiger partial charge in [0.15, 0.2) is 0 Å². The molecule has 0 aliphatic heterocycles. The van der Waals surface area contributed by atoms with Crippen LogP contribution in [-0.2, 0) is 16.6 Å². The van der Waals surface area contributed by atoms with Gasteiger partial charge in [-0.3, -0.25) is 4.68 Å². The van der Waals surface area contributed by atoms with E-state index in [1.54, 1.807) is 25.6 Å². The summed E-state index contributed by atoms with van der Waals surface area (Å²) in [5.41, 5.74) is 1.85. The van der Waals surface area contributed by atoms with Gasteiger partial charge in [-0.1, -0.05) is 15.9 Å². The summed E-state index contributed by atoms with van der Waals surface area (Å²) >= 11 is 3.47. The van der Waals surface area contributed by atoms with Gasteiger partial charge in [-0.25, -0.2) is 13.6 Å². The van der Waals surface area contributed by atoms with Gasteiger partial charge in [0.05, 0.1) is 25.0 Å². The monoisotopic (exact) mass is 373 g/mol. The van der Waals surface area contributed by atoms with Crippen molar-refractivity contribution in [3.8, 4) is 5.75 Å². The van der Waals surface area contributed by atoms with Crippen LogP contribution in [0.2, 0.25) is 0 Å². The molecule has 0 amide bonds. The molecule has 114 valence electrons. The Kier molecular flexibility index (Phi) is 4.40. The maximum Gasteiger partial charge on any atom is 0.241 e. The third-order valence-corrected chi connectivity index (χ3v) is 5.11. The standard InChI is InChI=1S/C13H16BrN3O3S/c1-8-13(21(15,18)19)9(2)17(16-8)7-10-6-11(20-3)4-5-12(10)14/h4-6H,7H2,1-3H3,(H2,15,18,19). The number of methoxy groups -OCH3 is 1. The molecule has 1 heterocycles. The molecule has 2 rings (SSSR count). The Morgan fingerprint density at radius 2 is 2.05 bits per heavy atom. The Morgan fingerprint density at radius 1 is 1.38 bits per heavy atom. The fourth-order valence-electron chi connectivity index (χ4n) is 2.21. The average Bonchev–Trinajstić information content (AvgIpc) is 2.66. The number of hydrogen-bond donors (Lipinski definition) is 1. The van der Waals surface area contributed by atoms with Gasteiger partial charge in [-0.05, 0) is 37.6 Å². The van der Waals surface area contributed by atoms with Crippen molar-refractivity contribution in [1.82, 2.24) is 9.78 Å². The molecule has 0 aliphatic carbocycles. The molecule has 0 atom stereocenters. The van der Waals surface area contributed by atoms with Crippen LogP contribution >= 0.6 is 15.9 Å². The lowest BCUT2D eigenvalue weighted by Crippen LogP contribution is -2.14. The first-order chi connectivity index (χ1) is 9.74. The SMILES string of the molecule is COc1ccc(Br)c(Cn2nc(C)c(S(N)(=O)=O)c2C)c1. The molecule has 0 spiro atoms. The van der Waals surface area contributed by atoms with Crippen molar-refractivity contribution >= 4 is 26.0 Å². The predicted molar refractivity (Wildman–Crippen MR) is 82.9 cm³/mol. The number of halogens is 1. The largest absolute Gasteiger partial charge is 0.497 e. The minimum atomic E-state index is -3.78. The van der Waals surface area contributed by atoms with Gasteiger partial charge in [-0.15, -0.1) is 0 Å². The average molecular weight is 374 g/mol. The number of aryl methyl sites for hydroxylation is 1. The van der Waals surface area contributed by atoms with E-state index in [-0.39, 0.29) is 4.90 Å². The van der Waals surface area contributed by atoms with E-state index in [2.05, 4.69) is 21.0 Å². The van der Waals surface area contributed by atoms with Gasteiger partial charge in [0.25, 0.3) is 0 Å². The molecule has 8 heteroatoms. The highest BCUT2D eigenvalue weighted by molar-refractivity contribution is 9.10. The smallest absolute Gasteiger partial charge is 0.241 e. The molecule has 0 radical (unpaired) electrons.